The molecule has 0 saturated carbocycles. The third kappa shape index (κ3) is 3.04. The van der Waals surface area contributed by atoms with Gasteiger partial charge in [-0.2, -0.15) is 0 Å². The first kappa shape index (κ1) is 16.2. The number of amides is 2. The number of nitrogens with one attached hydrogen (secondary N) is 1. The third-order valence-corrected chi connectivity index (χ3v) is 5.51. The molecule has 0 radical (unpaired) electrons. The number of likely N-dealkylation sites (tertiary alicyclic amines) is 1. The molecule has 1 N–H and O–H groups in total. The highest BCUT2D eigenvalue weighted by atomic mass is 32.1. The topological polar surface area (TPSA) is 58.6 Å². The molecule has 5 nitrogen and oxygen atoms in total. The Kier molecular flexibility index (Phi) is 4.53. The lowest BCUT2D eigenvalue weighted by Gasteiger charge is -2.36. The first-order valence-corrected chi connectivity index (χ1v) is 8.44. The van der Waals surface area contributed by atoms with Crippen molar-refractivity contribution in [3.8, 4) is 0 Å². The number of nitrogens with zero attached hydrogens (tertiary/aromatic N) is 1. The van der Waals surface area contributed by atoms with Gasteiger partial charge in [0.1, 0.15) is 0 Å². The lowest BCUT2D eigenvalue weighted by atomic mass is 9.94. The van der Waals surface area contributed by atoms with Crippen molar-refractivity contribution in [2.45, 2.75) is 30.6 Å². The summed E-state index contributed by atoms with van der Waals surface area (Å²) in [5.74, 6) is -0.211. The first-order valence-electron chi connectivity index (χ1n) is 7.99. The zero-order valence-corrected chi connectivity index (χ0v) is 14.1. The van der Waals surface area contributed by atoms with Gasteiger partial charge in [0.15, 0.2) is 4.87 Å². The van der Waals surface area contributed by atoms with Gasteiger partial charge < -0.3 is 9.64 Å². The molecule has 0 spiro atoms. The number of fused-ring (bicyclic) bond motifs is 1. The van der Waals surface area contributed by atoms with Crippen LogP contribution in [0.1, 0.15) is 24.0 Å². The average molecular weight is 334 g/mol. The molecule has 0 unspecified atom stereocenters. The zero-order valence-electron chi connectivity index (χ0n) is 13.2. The minimum absolute atomic E-state index is 0.0876. The fraction of sp³-hybridized carbons (Fsp3) is 0.529. The van der Waals surface area contributed by atoms with Crippen molar-refractivity contribution >= 4 is 24.6 Å². The third-order valence-electron chi connectivity index (χ3n) is 4.84. The fourth-order valence-electron chi connectivity index (χ4n) is 3.55. The number of methoxy groups -OCH3 is 1. The largest absolute Gasteiger partial charge is 0.453 e. The second-order valence-corrected chi connectivity index (χ2v) is 6.96. The van der Waals surface area contributed by atoms with Crippen molar-refractivity contribution in [2.75, 3.05) is 20.2 Å². The quantitative estimate of drug-likeness (QED) is 0.657. The van der Waals surface area contributed by atoms with E-state index in [1.165, 1.54) is 18.2 Å². The van der Waals surface area contributed by atoms with Gasteiger partial charge in [0.25, 0.3) is 5.91 Å². The molecule has 124 valence electrons. The van der Waals surface area contributed by atoms with Crippen molar-refractivity contribution in [3.63, 3.8) is 0 Å². The Morgan fingerprint density at radius 1 is 1.22 bits per heavy atom. The summed E-state index contributed by atoms with van der Waals surface area (Å²) >= 11 is 4.68. The molecule has 2 aliphatic rings. The molecule has 1 fully saturated rings. The van der Waals surface area contributed by atoms with Gasteiger partial charge in [-0.3, -0.25) is 10.1 Å². The molecule has 1 heterocycles. The monoisotopic (exact) mass is 334 g/mol. The lowest BCUT2D eigenvalue weighted by molar-refractivity contribution is -0.135. The van der Waals surface area contributed by atoms with Crippen molar-refractivity contribution < 1.29 is 14.3 Å². The van der Waals surface area contributed by atoms with Crippen LogP contribution in [-0.4, -0.2) is 42.0 Å². The number of ether oxygens (including phenoxy) is 1. The van der Waals surface area contributed by atoms with Gasteiger partial charge in [-0.15, -0.1) is 12.6 Å². The van der Waals surface area contributed by atoms with Crippen LogP contribution in [-0.2, 0) is 22.4 Å². The second-order valence-electron chi connectivity index (χ2n) is 6.26. The molecular formula is C17H22N2O3S. The van der Waals surface area contributed by atoms with Crippen molar-refractivity contribution in [3.05, 3.63) is 35.4 Å². The summed E-state index contributed by atoms with van der Waals surface area (Å²) in [6, 6.07) is 8.14. The molecule has 23 heavy (non-hydrogen) atoms. The number of alkyl carbamates (subject to hydrolysis) is 1. The fourth-order valence-corrected chi connectivity index (χ4v) is 3.97. The van der Waals surface area contributed by atoms with Gasteiger partial charge in [-0.25, -0.2) is 4.79 Å². The lowest BCUT2D eigenvalue weighted by Crippen LogP contribution is -2.60. The van der Waals surface area contributed by atoms with Crippen LogP contribution in [0.4, 0.5) is 4.79 Å². The molecule has 1 aromatic carbocycles. The number of benzene rings is 1. The SMILES string of the molecule is COC(=O)N[C@](S)(C(=O)N1CCCC1)C1Cc2ccccc2C1. The highest BCUT2D eigenvalue weighted by Gasteiger charge is 2.48. The predicted octanol–water partition coefficient (Wildman–Crippen LogP) is 2.01. The Morgan fingerprint density at radius 2 is 1.78 bits per heavy atom. The van der Waals surface area contributed by atoms with Crippen LogP contribution < -0.4 is 5.32 Å². The van der Waals surface area contributed by atoms with Gasteiger partial charge >= 0.3 is 6.09 Å². The van der Waals surface area contributed by atoms with Crippen molar-refractivity contribution in [1.29, 1.82) is 0 Å². The maximum Gasteiger partial charge on any atom is 0.408 e. The normalized spacial score (nSPS) is 20.0. The highest BCUT2D eigenvalue weighted by Crippen LogP contribution is 2.37. The van der Waals surface area contributed by atoms with Gasteiger partial charge in [0.2, 0.25) is 0 Å². The average Bonchev–Trinajstić information content (AvgIpc) is 3.23. The second kappa shape index (κ2) is 6.43. The number of hydrogen-bond acceptors (Lipinski definition) is 4. The highest BCUT2D eigenvalue weighted by molar-refractivity contribution is 7.82. The van der Waals surface area contributed by atoms with E-state index < -0.39 is 11.0 Å². The van der Waals surface area contributed by atoms with Crippen LogP contribution in [0.5, 0.6) is 0 Å². The minimum Gasteiger partial charge on any atom is -0.453 e. The maximum absolute atomic E-state index is 13.0. The number of carbonyl (C=O) groups is 2. The van der Waals surface area contributed by atoms with Gasteiger partial charge in [0, 0.05) is 19.0 Å². The molecule has 0 bridgehead atoms. The molecule has 1 atom stereocenters. The van der Waals surface area contributed by atoms with E-state index in [1.807, 2.05) is 12.1 Å². The summed E-state index contributed by atoms with van der Waals surface area (Å²) in [4.78, 5) is 25.4. The first-order chi connectivity index (χ1) is 11.0. The van der Waals surface area contributed by atoms with Crippen LogP contribution in [0.15, 0.2) is 24.3 Å². The van der Waals surface area contributed by atoms with E-state index in [-0.39, 0.29) is 11.8 Å². The molecule has 1 saturated heterocycles. The van der Waals surface area contributed by atoms with E-state index >= 15 is 0 Å². The molecular weight excluding hydrogens is 312 g/mol. The molecule has 2 amide bonds. The summed E-state index contributed by atoms with van der Waals surface area (Å²) in [5, 5.41) is 2.71. The van der Waals surface area contributed by atoms with Crippen LogP contribution in [0.25, 0.3) is 0 Å². The van der Waals surface area contributed by atoms with E-state index in [0.29, 0.717) is 0 Å². The Bertz CT molecular complexity index is 591. The molecule has 1 aromatic rings. The van der Waals surface area contributed by atoms with Crippen molar-refractivity contribution in [1.82, 2.24) is 10.2 Å². The molecule has 3 rings (SSSR count). The van der Waals surface area contributed by atoms with Gasteiger partial charge in [-0.1, -0.05) is 24.3 Å². The number of carbonyl (C=O) groups excluding carboxylic acids is 2. The zero-order chi connectivity index (χ0) is 16.4. The number of hydrogen-bond donors (Lipinski definition) is 2. The Morgan fingerprint density at radius 3 is 2.30 bits per heavy atom. The van der Waals surface area contributed by atoms with E-state index in [0.717, 1.165) is 38.8 Å². The van der Waals surface area contributed by atoms with E-state index in [9.17, 15) is 9.59 Å². The van der Waals surface area contributed by atoms with Gasteiger partial charge in [-0.05, 0) is 36.8 Å². The summed E-state index contributed by atoms with van der Waals surface area (Å²) in [6.45, 7) is 1.45. The summed E-state index contributed by atoms with van der Waals surface area (Å²) in [5.41, 5.74) is 2.44. The number of thiol groups is 1. The maximum atomic E-state index is 13.0. The van der Waals surface area contributed by atoms with Crippen LogP contribution >= 0.6 is 12.6 Å². The van der Waals surface area contributed by atoms with E-state index in [2.05, 4.69) is 30.1 Å². The smallest absolute Gasteiger partial charge is 0.408 e. The van der Waals surface area contributed by atoms with E-state index in [4.69, 9.17) is 4.74 Å². The summed E-state index contributed by atoms with van der Waals surface area (Å²) in [7, 11) is 1.30. The Balaban J connectivity index is 1.86. The summed E-state index contributed by atoms with van der Waals surface area (Å²) < 4.78 is 4.73. The van der Waals surface area contributed by atoms with E-state index in [1.54, 1.807) is 4.90 Å². The predicted molar refractivity (Wildman–Crippen MR) is 90.4 cm³/mol. The van der Waals surface area contributed by atoms with Gasteiger partial charge in [0.05, 0.1) is 7.11 Å². The van der Waals surface area contributed by atoms with Crippen LogP contribution in [0.3, 0.4) is 0 Å². The van der Waals surface area contributed by atoms with Crippen LogP contribution in [0, 0.1) is 5.92 Å². The minimum atomic E-state index is -1.24. The number of rotatable bonds is 3. The molecule has 1 aliphatic heterocycles. The van der Waals surface area contributed by atoms with Crippen molar-refractivity contribution in [2.24, 2.45) is 5.92 Å². The molecule has 6 heteroatoms. The summed E-state index contributed by atoms with van der Waals surface area (Å²) in [6.07, 6.45) is 2.83. The van der Waals surface area contributed by atoms with Crippen LogP contribution in [0.2, 0.25) is 0 Å². The Hall–Kier alpha value is -1.69. The molecule has 1 aliphatic carbocycles. The molecule has 0 aromatic heterocycles. The standard InChI is InChI=1S/C17H22N2O3S/c1-22-16(21)18-17(23,15(20)19-8-4-5-9-19)14-10-12-6-2-3-7-13(12)11-14/h2-3,6-7,14,23H,4-5,8-11H2,1H3,(H,18,21)/t17-/m1/s1. The Labute approximate surface area is 141 Å².